The van der Waals surface area contributed by atoms with Gasteiger partial charge in [-0.2, -0.15) is 0 Å². The van der Waals surface area contributed by atoms with Gasteiger partial charge in [-0.3, -0.25) is 0 Å². The van der Waals surface area contributed by atoms with Gasteiger partial charge in [-0.25, -0.2) is 0 Å². The third kappa shape index (κ3) is 20.4. The summed E-state index contributed by atoms with van der Waals surface area (Å²) in [5.41, 5.74) is 0. The quantitative estimate of drug-likeness (QED) is 0.454. The van der Waals surface area contributed by atoms with Crippen LogP contribution in [0.15, 0.2) is 0 Å². The molecule has 0 spiro atoms. The predicted octanol–water partition coefficient (Wildman–Crippen LogP) is -0.0619. The van der Waals surface area contributed by atoms with Gasteiger partial charge in [0.15, 0.2) is 0 Å². The molecule has 25 valence electrons. The zero-order chi connectivity index (χ0) is 2.00. The molecule has 1 radical (unpaired) electrons. The van der Waals surface area contributed by atoms with Crippen molar-refractivity contribution in [1.82, 2.24) is 0 Å². The third-order valence-electron chi connectivity index (χ3n) is 0. The van der Waals surface area contributed by atoms with Gasteiger partial charge in [0.2, 0.25) is 0 Å². The van der Waals surface area contributed by atoms with Gasteiger partial charge < -0.3 is 14.7 Å². The van der Waals surface area contributed by atoms with E-state index in [9.17, 15) is 0 Å². The van der Waals surface area contributed by atoms with Gasteiger partial charge in [-0.1, -0.05) is 0 Å². The molecule has 4 heteroatoms. The molecule has 0 aliphatic heterocycles. The number of nitrogens with zero attached hydrogens (tertiary/aromatic N) is 1. The van der Waals surface area contributed by atoms with Gasteiger partial charge in [0.05, 0.1) is 0 Å². The average Bonchev–Trinajstić information content (AvgIpc) is 1.00. The first kappa shape index (κ1) is 25.3. The third-order valence-corrected chi connectivity index (χ3v) is 0. The van der Waals surface area contributed by atoms with Gasteiger partial charge in [-0.05, 0) is 0 Å². The summed E-state index contributed by atoms with van der Waals surface area (Å²) in [6, 6.07) is 0. The van der Waals surface area contributed by atoms with Crippen LogP contribution in [0, 0.1) is 47.4 Å². The van der Waals surface area contributed by atoms with E-state index in [1.54, 1.807) is 0 Å². The van der Waals surface area contributed by atoms with Gasteiger partial charge >= 0.3 is 45.5 Å². The van der Waals surface area contributed by atoms with Crippen LogP contribution in [0.4, 0.5) is 0 Å². The molecular weight excluding hydrogens is 308 g/mol. The second-order valence-corrected chi connectivity index (χ2v) is 0. The molecule has 5 heavy (non-hydrogen) atoms. The van der Waals surface area contributed by atoms with Gasteiger partial charge in [-0.15, -0.1) is 0 Å². The summed E-state index contributed by atoms with van der Waals surface area (Å²) in [5, 5.41) is 6.25. The minimum absolute atomic E-state index is 0. The van der Waals surface area contributed by atoms with Crippen LogP contribution < -0.4 is 0 Å². The van der Waals surface area contributed by atoms with Crippen LogP contribution in [0.2, 0.25) is 0 Å². The fourth-order valence-electron chi connectivity index (χ4n) is 0. The Morgan fingerprint density at radius 2 is 1.40 bits per heavy atom. The van der Waals surface area contributed by atoms with E-state index in [1.807, 2.05) is 0 Å². The van der Waals surface area contributed by atoms with E-state index in [1.165, 1.54) is 0 Å². The minimum Gasteiger partial charge on any atom is -1.00 e. The van der Waals surface area contributed by atoms with Crippen LogP contribution >= 0.6 is 0 Å². The number of hydrogen-bond donors (Lipinski definition) is 0. The van der Waals surface area contributed by atoms with Crippen LogP contribution in [0.5, 0.6) is 0 Å². The molecule has 0 rings (SSSR count). The summed E-state index contributed by atoms with van der Waals surface area (Å²) in [6.07, 6.45) is 0. The standard InChI is InChI=1S/CN.Fe.La.Sr.2H/c1-2;;;;;/q-1;;;+2;2*-1. The Morgan fingerprint density at radius 3 is 1.40 bits per heavy atom. The summed E-state index contributed by atoms with van der Waals surface area (Å²) in [6.45, 7) is 4.75. The predicted molar refractivity (Wildman–Crippen MR) is 12.9 cm³/mol. The Balaban J connectivity index is -0.000000000500. The molecule has 0 aromatic heterocycles. The molecule has 1 nitrogen and oxygen atoms in total. The number of rotatable bonds is 0. The van der Waals surface area contributed by atoms with Crippen LogP contribution in [0.25, 0.3) is 0 Å². The molecule has 0 aliphatic rings. The van der Waals surface area contributed by atoms with Crippen LogP contribution in [0.1, 0.15) is 2.85 Å². The summed E-state index contributed by atoms with van der Waals surface area (Å²) in [5.74, 6) is 0. The fraction of sp³-hybridized carbons (Fsp3) is 0. The van der Waals surface area contributed by atoms with Gasteiger partial charge in [0.25, 0.3) is 0 Å². The molecule has 0 aromatic carbocycles. The maximum Gasteiger partial charge on any atom is 2.00 e. The van der Waals surface area contributed by atoms with E-state index < -0.39 is 0 Å². The summed E-state index contributed by atoms with van der Waals surface area (Å²) in [7, 11) is 0. The second-order valence-electron chi connectivity index (χ2n) is 0. The topological polar surface area (TPSA) is 23.8 Å². The monoisotopic (exact) mass is 311 g/mol. The molecular formula is CH2FeLaNSr-. The van der Waals surface area contributed by atoms with E-state index in [0.29, 0.717) is 0 Å². The molecule has 0 amide bonds. The first-order valence-corrected chi connectivity index (χ1v) is 0.224. The summed E-state index contributed by atoms with van der Waals surface area (Å²) >= 11 is 0. The molecule has 0 fully saturated rings. The van der Waals surface area contributed by atoms with Crippen LogP contribution in [0.3, 0.4) is 0 Å². The molecule has 0 atom stereocenters. The van der Waals surface area contributed by atoms with E-state index in [2.05, 4.69) is 0 Å². The molecule has 0 saturated heterocycles. The molecule has 0 unspecified atom stereocenters. The van der Waals surface area contributed by atoms with E-state index in [4.69, 9.17) is 11.8 Å². The van der Waals surface area contributed by atoms with E-state index in [0.717, 1.165) is 0 Å². The van der Waals surface area contributed by atoms with Gasteiger partial charge in [0, 0.05) is 52.7 Å². The zero-order valence-electron chi connectivity index (χ0n) is 4.59. The smallest absolute Gasteiger partial charge is 1.00 e. The Kier molecular flexibility index (Phi) is 152. The van der Waals surface area contributed by atoms with Crippen molar-refractivity contribution < 1.29 is 55.5 Å². The van der Waals surface area contributed by atoms with Crippen molar-refractivity contribution in [1.29, 1.82) is 5.26 Å². The molecule has 0 N–H and O–H groups in total. The number of hydrogen-bond acceptors (Lipinski definition) is 1. The SMILES string of the molecule is [C-]#N.[Fe].[H-].[H-].[La].[Sr+2]. The van der Waals surface area contributed by atoms with Crippen molar-refractivity contribution in [2.24, 2.45) is 0 Å². The maximum atomic E-state index is 6.25. The van der Waals surface area contributed by atoms with E-state index in [-0.39, 0.29) is 101 Å². The van der Waals surface area contributed by atoms with E-state index >= 15 is 0 Å². The van der Waals surface area contributed by atoms with Crippen molar-refractivity contribution in [3.8, 4) is 0 Å². The largest absolute Gasteiger partial charge is 2.00 e. The molecule has 0 bridgehead atoms. The second kappa shape index (κ2) is 30.0. The molecule has 0 heterocycles. The van der Waals surface area contributed by atoms with Crippen molar-refractivity contribution >= 4 is 45.5 Å². The molecule has 0 saturated carbocycles. The molecule has 0 aliphatic carbocycles. The Hall–Kier alpha value is 2.68. The minimum atomic E-state index is 0. The van der Waals surface area contributed by atoms with Gasteiger partial charge in [0.1, 0.15) is 0 Å². The fourth-order valence-corrected chi connectivity index (χ4v) is 0. The maximum absolute atomic E-state index is 6.25. The van der Waals surface area contributed by atoms with Crippen molar-refractivity contribution in [2.45, 2.75) is 0 Å². The molecule has 0 aromatic rings. The van der Waals surface area contributed by atoms with Crippen LogP contribution in [-0.2, 0) is 17.1 Å². The normalized spacial score (nSPS) is 0.400. The summed E-state index contributed by atoms with van der Waals surface area (Å²) in [4.78, 5) is 0. The zero-order valence-corrected chi connectivity index (χ0v) is 10.8. The average molecular weight is 310 g/mol. The Bertz CT molecular complexity index is 22.4. The Morgan fingerprint density at radius 1 is 1.40 bits per heavy atom. The first-order valence-electron chi connectivity index (χ1n) is 0.224. The van der Waals surface area contributed by atoms with Crippen LogP contribution in [-0.4, -0.2) is 45.5 Å². The van der Waals surface area contributed by atoms with Crippen molar-refractivity contribution in [2.75, 3.05) is 0 Å². The van der Waals surface area contributed by atoms with Crippen molar-refractivity contribution in [3.05, 3.63) is 6.57 Å². The van der Waals surface area contributed by atoms with Crippen molar-refractivity contribution in [3.63, 3.8) is 0 Å². The summed E-state index contributed by atoms with van der Waals surface area (Å²) < 4.78 is 0. The Labute approximate surface area is 110 Å². The first-order chi connectivity index (χ1) is 1.00.